The first-order valence-corrected chi connectivity index (χ1v) is 14.6. The molecule has 9 heteroatoms. The Morgan fingerprint density at radius 3 is 2.51 bits per heavy atom. The summed E-state index contributed by atoms with van der Waals surface area (Å²) >= 11 is 0. The van der Waals surface area contributed by atoms with E-state index in [9.17, 15) is 17.6 Å². The standard InChI is InChI=1S/C28H37FN4O3S/c1-4-37(35,36)33-9-6-20(7-10-33)26-17-32-27-24(26)14-22(15-25(27)28(30)34)21-11-19(12-23(29)13-21)16-31-8-5-18(2)3/h11-15,17-18,20,31-32H,4-10,16H2,1-3H3,(H2,30,34). The van der Waals surface area contributed by atoms with Gasteiger partial charge in [0.25, 0.3) is 5.91 Å². The van der Waals surface area contributed by atoms with E-state index in [0.717, 1.165) is 35.0 Å². The highest BCUT2D eigenvalue weighted by atomic mass is 32.2. The fourth-order valence-corrected chi connectivity index (χ4v) is 6.25. The van der Waals surface area contributed by atoms with Gasteiger partial charge in [-0.1, -0.05) is 13.8 Å². The number of carbonyl (C=O) groups is 1. The average Bonchev–Trinajstić information content (AvgIpc) is 3.29. The van der Waals surface area contributed by atoms with Crippen LogP contribution in [-0.4, -0.2) is 49.0 Å². The molecule has 0 unspecified atom stereocenters. The van der Waals surface area contributed by atoms with Crippen LogP contribution in [0.1, 0.15) is 67.4 Å². The second-order valence-corrected chi connectivity index (χ2v) is 12.6. The smallest absolute Gasteiger partial charge is 0.250 e. The third-order valence-electron chi connectivity index (χ3n) is 7.26. The van der Waals surface area contributed by atoms with Crippen LogP contribution in [0.3, 0.4) is 0 Å². The van der Waals surface area contributed by atoms with Gasteiger partial charge >= 0.3 is 0 Å². The van der Waals surface area contributed by atoms with Gasteiger partial charge in [0.2, 0.25) is 10.0 Å². The van der Waals surface area contributed by atoms with Gasteiger partial charge < -0.3 is 16.0 Å². The molecule has 4 rings (SSSR count). The normalized spacial score (nSPS) is 15.6. The summed E-state index contributed by atoms with van der Waals surface area (Å²) in [5, 5.41) is 4.24. The minimum atomic E-state index is -3.21. The van der Waals surface area contributed by atoms with Crippen LogP contribution in [0.15, 0.2) is 36.5 Å². The van der Waals surface area contributed by atoms with Gasteiger partial charge in [0, 0.05) is 31.2 Å². The molecule has 1 fully saturated rings. The minimum Gasteiger partial charge on any atom is -0.366 e. The van der Waals surface area contributed by atoms with Crippen molar-refractivity contribution in [2.45, 2.75) is 52.5 Å². The number of aromatic nitrogens is 1. The lowest BCUT2D eigenvalue weighted by Crippen LogP contribution is -2.38. The molecule has 0 atom stereocenters. The molecule has 1 saturated heterocycles. The lowest BCUT2D eigenvalue weighted by molar-refractivity contribution is 0.100. The third kappa shape index (κ3) is 6.22. The highest BCUT2D eigenvalue weighted by molar-refractivity contribution is 7.89. The fourth-order valence-electron chi connectivity index (χ4n) is 5.12. The Kier molecular flexibility index (Phi) is 8.36. The lowest BCUT2D eigenvalue weighted by Gasteiger charge is -2.31. The van der Waals surface area contributed by atoms with E-state index in [1.165, 1.54) is 12.1 Å². The zero-order valence-corrected chi connectivity index (χ0v) is 22.6. The molecule has 3 aromatic rings. The summed E-state index contributed by atoms with van der Waals surface area (Å²) in [4.78, 5) is 15.6. The second kappa shape index (κ2) is 11.3. The van der Waals surface area contributed by atoms with E-state index in [-0.39, 0.29) is 17.5 Å². The number of aromatic amines is 1. The van der Waals surface area contributed by atoms with Crippen molar-refractivity contribution in [2.75, 3.05) is 25.4 Å². The molecule has 0 aliphatic carbocycles. The molecule has 0 radical (unpaired) electrons. The van der Waals surface area contributed by atoms with E-state index in [4.69, 9.17) is 5.73 Å². The van der Waals surface area contributed by atoms with Gasteiger partial charge in [-0.25, -0.2) is 17.1 Å². The van der Waals surface area contributed by atoms with Crippen LogP contribution in [-0.2, 0) is 16.6 Å². The second-order valence-electron chi connectivity index (χ2n) is 10.3. The van der Waals surface area contributed by atoms with Gasteiger partial charge in [-0.3, -0.25) is 4.79 Å². The number of piperidine rings is 1. The van der Waals surface area contributed by atoms with Crippen LogP contribution < -0.4 is 11.1 Å². The highest BCUT2D eigenvalue weighted by Gasteiger charge is 2.29. The molecule has 1 aliphatic rings. The number of benzene rings is 2. The maximum absolute atomic E-state index is 14.6. The number of nitrogens with zero attached hydrogens (tertiary/aromatic N) is 1. The van der Waals surface area contributed by atoms with E-state index in [1.807, 2.05) is 18.3 Å². The first kappa shape index (κ1) is 27.3. The number of nitrogens with one attached hydrogen (secondary N) is 2. The average molecular weight is 529 g/mol. The van der Waals surface area contributed by atoms with E-state index < -0.39 is 15.9 Å². The maximum Gasteiger partial charge on any atom is 0.250 e. The van der Waals surface area contributed by atoms with Crippen molar-refractivity contribution >= 4 is 26.8 Å². The van der Waals surface area contributed by atoms with Gasteiger partial charge in [0.05, 0.1) is 16.8 Å². The van der Waals surface area contributed by atoms with Gasteiger partial charge in [-0.05, 0) is 97.2 Å². The third-order valence-corrected chi connectivity index (χ3v) is 9.14. The molecule has 2 heterocycles. The molecule has 0 spiro atoms. The molecule has 1 aromatic heterocycles. The first-order chi connectivity index (χ1) is 17.6. The number of sulfonamides is 1. The topological polar surface area (TPSA) is 108 Å². The summed E-state index contributed by atoms with van der Waals surface area (Å²) in [6.45, 7) is 8.33. The van der Waals surface area contributed by atoms with Crippen molar-refractivity contribution in [3.8, 4) is 11.1 Å². The Bertz CT molecular complexity index is 1380. The number of H-pyrrole nitrogens is 1. The summed E-state index contributed by atoms with van der Waals surface area (Å²) in [6, 6.07) is 8.64. The first-order valence-electron chi connectivity index (χ1n) is 13.0. The van der Waals surface area contributed by atoms with Crippen molar-refractivity contribution in [2.24, 2.45) is 11.7 Å². The predicted molar refractivity (Wildman–Crippen MR) is 146 cm³/mol. The molecule has 0 saturated carbocycles. The molecular formula is C28H37FN4O3S. The highest BCUT2D eigenvalue weighted by Crippen LogP contribution is 2.37. The van der Waals surface area contributed by atoms with Crippen molar-refractivity contribution < 1.29 is 17.6 Å². The Morgan fingerprint density at radius 2 is 1.86 bits per heavy atom. The quantitative estimate of drug-likeness (QED) is 0.330. The van der Waals surface area contributed by atoms with E-state index in [1.54, 1.807) is 17.3 Å². The molecule has 1 aliphatic heterocycles. The molecule has 200 valence electrons. The van der Waals surface area contributed by atoms with E-state index in [0.29, 0.717) is 55.0 Å². The molecule has 37 heavy (non-hydrogen) atoms. The number of halogens is 1. The molecule has 0 bridgehead atoms. The number of hydrogen-bond donors (Lipinski definition) is 3. The van der Waals surface area contributed by atoms with Crippen LogP contribution >= 0.6 is 0 Å². The zero-order chi connectivity index (χ0) is 26.7. The number of rotatable bonds is 10. The van der Waals surface area contributed by atoms with Crippen LogP contribution in [0, 0.1) is 11.7 Å². The maximum atomic E-state index is 14.6. The zero-order valence-electron chi connectivity index (χ0n) is 21.8. The van der Waals surface area contributed by atoms with Crippen LogP contribution in [0.4, 0.5) is 4.39 Å². The Balaban J connectivity index is 1.66. The summed E-state index contributed by atoms with van der Waals surface area (Å²) < 4.78 is 40.7. The van der Waals surface area contributed by atoms with Gasteiger partial charge in [0.1, 0.15) is 5.82 Å². The summed E-state index contributed by atoms with van der Waals surface area (Å²) in [5.74, 6) is -0.0674. The van der Waals surface area contributed by atoms with Gasteiger partial charge in [-0.2, -0.15) is 0 Å². The predicted octanol–water partition coefficient (Wildman–Crippen LogP) is 4.74. The molecule has 2 aromatic carbocycles. The van der Waals surface area contributed by atoms with Gasteiger partial charge in [0.15, 0.2) is 0 Å². The number of fused-ring (bicyclic) bond motifs is 1. The van der Waals surface area contributed by atoms with Crippen molar-refractivity contribution in [1.29, 1.82) is 0 Å². The molecule has 1 amide bonds. The van der Waals surface area contributed by atoms with Crippen LogP contribution in [0.25, 0.3) is 22.0 Å². The number of primary amides is 1. The van der Waals surface area contributed by atoms with Crippen LogP contribution in [0.2, 0.25) is 0 Å². The Labute approximate surface area is 218 Å². The number of hydrogen-bond acceptors (Lipinski definition) is 4. The summed E-state index contributed by atoms with van der Waals surface area (Å²) in [5.41, 5.74) is 10.0. The number of nitrogens with two attached hydrogens (primary N) is 1. The van der Waals surface area contributed by atoms with Crippen molar-refractivity contribution in [1.82, 2.24) is 14.6 Å². The SMILES string of the molecule is CCS(=O)(=O)N1CCC(c2c[nH]c3c(C(N)=O)cc(-c4cc(F)cc(CNCCC(C)C)c4)cc23)CC1. The molecule has 7 nitrogen and oxygen atoms in total. The van der Waals surface area contributed by atoms with Gasteiger partial charge in [-0.15, -0.1) is 0 Å². The van der Waals surface area contributed by atoms with Crippen LogP contribution in [0.5, 0.6) is 0 Å². The fraction of sp³-hybridized carbons (Fsp3) is 0.464. The Hall–Kier alpha value is -2.75. The molecular weight excluding hydrogens is 491 g/mol. The summed E-state index contributed by atoms with van der Waals surface area (Å²) in [7, 11) is -3.21. The monoisotopic (exact) mass is 528 g/mol. The number of amides is 1. The largest absolute Gasteiger partial charge is 0.366 e. The van der Waals surface area contributed by atoms with Crippen molar-refractivity contribution in [3.05, 3.63) is 59.0 Å². The number of carbonyl (C=O) groups excluding carboxylic acids is 1. The molecule has 4 N–H and O–H groups in total. The lowest BCUT2D eigenvalue weighted by atomic mass is 9.88. The van der Waals surface area contributed by atoms with E-state index in [2.05, 4.69) is 24.1 Å². The minimum absolute atomic E-state index is 0.0962. The summed E-state index contributed by atoms with van der Waals surface area (Å²) in [6.07, 6.45) is 4.31. The van der Waals surface area contributed by atoms with E-state index >= 15 is 0 Å². The van der Waals surface area contributed by atoms with Crippen molar-refractivity contribution in [3.63, 3.8) is 0 Å². The Morgan fingerprint density at radius 1 is 1.16 bits per heavy atom.